The van der Waals surface area contributed by atoms with Gasteiger partial charge in [0.15, 0.2) is 0 Å². The molecule has 2 aromatic heterocycles. The van der Waals surface area contributed by atoms with Crippen LogP contribution in [0.25, 0.3) is 11.0 Å². The lowest BCUT2D eigenvalue weighted by molar-refractivity contribution is -0.140. The molecule has 0 amide bonds. The summed E-state index contributed by atoms with van der Waals surface area (Å²) in [4.78, 5) is 10.0. The van der Waals surface area contributed by atoms with Gasteiger partial charge in [0.05, 0.1) is 5.39 Å². The lowest BCUT2D eigenvalue weighted by Crippen LogP contribution is -2.04. The highest BCUT2D eigenvalue weighted by Gasteiger charge is 2.33. The lowest BCUT2D eigenvalue weighted by Gasteiger charge is -2.04. The maximum atomic E-state index is 12.6. The minimum Gasteiger partial charge on any atom is -0.369 e. The number of halogens is 3. The van der Waals surface area contributed by atoms with Gasteiger partial charge < -0.3 is 10.3 Å². The average Bonchev–Trinajstić information content (AvgIpc) is 2.86. The zero-order valence-electron chi connectivity index (χ0n) is 11.8. The highest BCUT2D eigenvalue weighted by atomic mass is 19.4. The highest BCUT2D eigenvalue weighted by Crippen LogP contribution is 2.32. The van der Waals surface area contributed by atoms with Gasteiger partial charge in [-0.2, -0.15) is 13.2 Å². The van der Waals surface area contributed by atoms with Crippen LogP contribution in [0.4, 0.5) is 19.0 Å². The number of alkyl halides is 3. The summed E-state index contributed by atoms with van der Waals surface area (Å²) in [6, 6.07) is 1.03. The Bertz CT molecular complexity index is 534. The third-order valence-electron chi connectivity index (χ3n) is 2.55. The first kappa shape index (κ1) is 16.3. The van der Waals surface area contributed by atoms with Crippen molar-refractivity contribution >= 4 is 16.9 Å². The molecule has 2 aromatic rings. The number of fused-ring (bicyclic) bond motifs is 1. The van der Waals surface area contributed by atoms with Crippen LogP contribution in [-0.2, 0) is 6.18 Å². The quantitative estimate of drug-likeness (QED) is 0.828. The first-order valence-electron chi connectivity index (χ1n) is 6.67. The number of nitrogens with zero attached hydrogens (tertiary/aromatic N) is 2. The summed E-state index contributed by atoms with van der Waals surface area (Å²) >= 11 is 0. The van der Waals surface area contributed by atoms with Gasteiger partial charge in [0.1, 0.15) is 23.5 Å². The van der Waals surface area contributed by atoms with E-state index in [4.69, 9.17) is 0 Å². The average molecular weight is 288 g/mol. The number of nitrogens with one attached hydrogen (secondary N) is 2. The Morgan fingerprint density at radius 1 is 1.25 bits per heavy atom. The van der Waals surface area contributed by atoms with Crippen LogP contribution < -0.4 is 5.32 Å². The number of rotatable bonds is 4. The fourth-order valence-electron chi connectivity index (χ4n) is 1.62. The molecule has 112 valence electrons. The van der Waals surface area contributed by atoms with Gasteiger partial charge in [-0.25, -0.2) is 9.97 Å². The van der Waals surface area contributed by atoms with Gasteiger partial charge in [0.25, 0.3) is 0 Å². The van der Waals surface area contributed by atoms with Crippen molar-refractivity contribution in [1.82, 2.24) is 15.0 Å². The number of hydrogen-bond acceptors (Lipinski definition) is 3. The van der Waals surface area contributed by atoms with Crippen LogP contribution in [0.5, 0.6) is 0 Å². The van der Waals surface area contributed by atoms with Crippen molar-refractivity contribution in [2.24, 2.45) is 0 Å². The Hall–Kier alpha value is -1.79. The third kappa shape index (κ3) is 3.85. The molecule has 0 atom stereocenters. The molecule has 7 heteroatoms. The third-order valence-corrected chi connectivity index (χ3v) is 2.55. The van der Waals surface area contributed by atoms with Crippen molar-refractivity contribution in [3.8, 4) is 0 Å². The van der Waals surface area contributed by atoms with E-state index < -0.39 is 11.9 Å². The SMILES string of the molecule is CC.CCCCNc1ncnc2[nH]c(C(F)(F)F)cc12. The molecule has 0 aliphatic heterocycles. The van der Waals surface area contributed by atoms with E-state index in [0.717, 1.165) is 18.9 Å². The van der Waals surface area contributed by atoms with Crippen LogP contribution >= 0.6 is 0 Å². The number of anilines is 1. The molecule has 2 N–H and O–H groups in total. The maximum Gasteiger partial charge on any atom is 0.431 e. The Balaban J connectivity index is 0.000000956. The minimum atomic E-state index is -4.40. The van der Waals surface area contributed by atoms with Crippen molar-refractivity contribution in [3.63, 3.8) is 0 Å². The second-order valence-electron chi connectivity index (χ2n) is 3.95. The number of aromatic amines is 1. The minimum absolute atomic E-state index is 0.191. The Morgan fingerprint density at radius 2 is 1.95 bits per heavy atom. The molecule has 0 spiro atoms. The van der Waals surface area contributed by atoms with E-state index in [1.165, 1.54) is 6.33 Å². The topological polar surface area (TPSA) is 53.6 Å². The largest absolute Gasteiger partial charge is 0.431 e. The molecular formula is C13H19F3N4. The van der Waals surface area contributed by atoms with Crippen LogP contribution in [0.2, 0.25) is 0 Å². The van der Waals surface area contributed by atoms with Crippen LogP contribution in [0.15, 0.2) is 12.4 Å². The van der Waals surface area contributed by atoms with Crippen molar-refractivity contribution in [2.75, 3.05) is 11.9 Å². The fourth-order valence-corrected chi connectivity index (χ4v) is 1.62. The molecule has 0 aliphatic rings. The molecule has 0 saturated heterocycles. The Labute approximate surface area is 115 Å². The van der Waals surface area contributed by atoms with Gasteiger partial charge in [-0.15, -0.1) is 0 Å². The van der Waals surface area contributed by atoms with Gasteiger partial charge in [0, 0.05) is 6.54 Å². The fraction of sp³-hybridized carbons (Fsp3) is 0.538. The summed E-state index contributed by atoms with van der Waals surface area (Å²) in [5, 5.41) is 3.38. The molecule has 20 heavy (non-hydrogen) atoms. The first-order valence-corrected chi connectivity index (χ1v) is 6.67. The van der Waals surface area contributed by atoms with Crippen LogP contribution in [0.1, 0.15) is 39.3 Å². The van der Waals surface area contributed by atoms with E-state index in [9.17, 15) is 13.2 Å². The first-order chi connectivity index (χ1) is 9.52. The van der Waals surface area contributed by atoms with E-state index in [2.05, 4.69) is 20.3 Å². The lowest BCUT2D eigenvalue weighted by atomic mass is 10.3. The standard InChI is InChI=1S/C11H13F3N4.C2H6/c1-2-3-4-15-9-7-5-8(11(12,13)14)18-10(7)17-6-16-9;1-2/h5-6H,2-4H2,1H3,(H2,15,16,17,18);1-2H3. The monoisotopic (exact) mass is 288 g/mol. The zero-order chi connectivity index (χ0) is 15.2. The molecule has 0 saturated carbocycles. The van der Waals surface area contributed by atoms with E-state index in [1.54, 1.807) is 0 Å². The molecule has 0 fully saturated rings. The summed E-state index contributed by atoms with van der Waals surface area (Å²) in [5.74, 6) is 0.431. The van der Waals surface area contributed by atoms with Gasteiger partial charge in [-0.05, 0) is 12.5 Å². The Morgan fingerprint density at radius 3 is 2.55 bits per heavy atom. The smallest absolute Gasteiger partial charge is 0.369 e. The molecular weight excluding hydrogens is 269 g/mol. The van der Waals surface area contributed by atoms with Gasteiger partial charge >= 0.3 is 6.18 Å². The summed E-state index contributed by atoms with van der Waals surface area (Å²) in [5.41, 5.74) is -0.618. The van der Waals surface area contributed by atoms with E-state index in [0.29, 0.717) is 17.7 Å². The van der Waals surface area contributed by atoms with Gasteiger partial charge in [-0.1, -0.05) is 27.2 Å². The molecule has 4 nitrogen and oxygen atoms in total. The molecule has 0 bridgehead atoms. The number of unbranched alkanes of at least 4 members (excludes halogenated alkanes) is 1. The van der Waals surface area contributed by atoms with E-state index in [-0.39, 0.29) is 5.65 Å². The Kier molecular flexibility index (Phi) is 5.79. The normalized spacial score (nSPS) is 11.1. The molecule has 0 aliphatic carbocycles. The summed E-state index contributed by atoms with van der Waals surface area (Å²) in [6.45, 7) is 6.71. The van der Waals surface area contributed by atoms with Crippen LogP contribution in [0, 0.1) is 0 Å². The number of aromatic nitrogens is 3. The van der Waals surface area contributed by atoms with Gasteiger partial charge in [-0.3, -0.25) is 0 Å². The second kappa shape index (κ2) is 7.12. The maximum absolute atomic E-state index is 12.6. The predicted molar refractivity (Wildman–Crippen MR) is 73.6 cm³/mol. The van der Waals surface area contributed by atoms with E-state index >= 15 is 0 Å². The van der Waals surface area contributed by atoms with E-state index in [1.807, 2.05) is 20.8 Å². The molecule has 2 heterocycles. The van der Waals surface area contributed by atoms with Crippen LogP contribution in [-0.4, -0.2) is 21.5 Å². The molecule has 2 rings (SSSR count). The second-order valence-corrected chi connectivity index (χ2v) is 3.95. The van der Waals surface area contributed by atoms with Gasteiger partial charge in [0.2, 0.25) is 0 Å². The number of H-pyrrole nitrogens is 1. The van der Waals surface area contributed by atoms with Crippen molar-refractivity contribution in [3.05, 3.63) is 18.1 Å². The predicted octanol–water partition coefficient (Wildman–Crippen LogP) is 4.21. The zero-order valence-corrected chi connectivity index (χ0v) is 11.8. The highest BCUT2D eigenvalue weighted by molar-refractivity contribution is 5.87. The molecule has 0 aromatic carbocycles. The molecule has 0 unspecified atom stereocenters. The van der Waals surface area contributed by atoms with Crippen molar-refractivity contribution in [2.45, 2.75) is 39.8 Å². The van der Waals surface area contributed by atoms with Crippen molar-refractivity contribution in [1.29, 1.82) is 0 Å². The number of hydrogen-bond donors (Lipinski definition) is 2. The summed E-state index contributed by atoms with van der Waals surface area (Å²) in [6.07, 6.45) is -1.22. The van der Waals surface area contributed by atoms with Crippen molar-refractivity contribution < 1.29 is 13.2 Å². The summed E-state index contributed by atoms with van der Waals surface area (Å²) < 4.78 is 37.7. The molecule has 0 radical (unpaired) electrons. The van der Waals surface area contributed by atoms with Crippen LogP contribution in [0.3, 0.4) is 0 Å². The summed E-state index contributed by atoms with van der Waals surface area (Å²) in [7, 11) is 0.